The molecule has 0 atom stereocenters. The standard InChI is InChI=1S/C13H16BF/c14-13-7-5-12(6-8-13)11-3-1-10(9-15)2-4-11/h5-8,10-11H,1-4,9H2. The summed E-state index contributed by atoms with van der Waals surface area (Å²) in [6.45, 7) is -0.144. The van der Waals surface area contributed by atoms with Gasteiger partial charge in [-0.3, -0.25) is 4.39 Å². The van der Waals surface area contributed by atoms with Crippen LogP contribution in [0, 0.1) is 5.92 Å². The van der Waals surface area contributed by atoms with Gasteiger partial charge < -0.3 is 0 Å². The Labute approximate surface area is 92.3 Å². The van der Waals surface area contributed by atoms with Crippen LogP contribution in [0.25, 0.3) is 0 Å². The van der Waals surface area contributed by atoms with E-state index < -0.39 is 0 Å². The predicted octanol–water partition coefficient (Wildman–Crippen LogP) is 2.72. The van der Waals surface area contributed by atoms with Crippen LogP contribution in [-0.4, -0.2) is 14.5 Å². The first-order chi connectivity index (χ1) is 7.29. The van der Waals surface area contributed by atoms with Crippen LogP contribution >= 0.6 is 0 Å². The van der Waals surface area contributed by atoms with Crippen molar-refractivity contribution in [3.05, 3.63) is 29.8 Å². The first kappa shape index (κ1) is 10.7. The van der Waals surface area contributed by atoms with Crippen LogP contribution in [0.4, 0.5) is 4.39 Å². The zero-order chi connectivity index (χ0) is 10.7. The van der Waals surface area contributed by atoms with Gasteiger partial charge in [-0.25, -0.2) is 0 Å². The lowest BCUT2D eigenvalue weighted by Crippen LogP contribution is -2.15. The minimum absolute atomic E-state index is 0.144. The molecule has 0 amide bonds. The third kappa shape index (κ3) is 2.61. The number of alkyl halides is 1. The highest BCUT2D eigenvalue weighted by Gasteiger charge is 2.21. The molecule has 0 unspecified atom stereocenters. The highest BCUT2D eigenvalue weighted by molar-refractivity contribution is 6.32. The quantitative estimate of drug-likeness (QED) is 0.647. The summed E-state index contributed by atoms with van der Waals surface area (Å²) in [5, 5.41) is 0. The first-order valence-corrected chi connectivity index (χ1v) is 5.71. The lowest BCUT2D eigenvalue weighted by atomic mass is 9.78. The second-order valence-electron chi connectivity index (χ2n) is 4.54. The van der Waals surface area contributed by atoms with Crippen molar-refractivity contribution in [3.63, 3.8) is 0 Å². The van der Waals surface area contributed by atoms with Crippen LogP contribution in [0.5, 0.6) is 0 Å². The molecule has 2 radical (unpaired) electrons. The van der Waals surface area contributed by atoms with Crippen molar-refractivity contribution >= 4 is 13.3 Å². The van der Waals surface area contributed by atoms with E-state index in [0.29, 0.717) is 11.8 Å². The molecular weight excluding hydrogens is 186 g/mol. The summed E-state index contributed by atoms with van der Waals surface area (Å²) in [7, 11) is 5.65. The second kappa shape index (κ2) is 4.83. The molecule has 0 N–H and O–H groups in total. The smallest absolute Gasteiger partial charge is 0.113 e. The Morgan fingerprint density at radius 3 is 2.20 bits per heavy atom. The van der Waals surface area contributed by atoms with Gasteiger partial charge in [-0.15, -0.1) is 0 Å². The Morgan fingerprint density at radius 2 is 1.67 bits per heavy atom. The summed E-state index contributed by atoms with van der Waals surface area (Å²) in [6.07, 6.45) is 4.31. The summed E-state index contributed by atoms with van der Waals surface area (Å²) in [5.74, 6) is 0.934. The van der Waals surface area contributed by atoms with Gasteiger partial charge in [-0.1, -0.05) is 29.7 Å². The van der Waals surface area contributed by atoms with E-state index in [1.54, 1.807) is 0 Å². The summed E-state index contributed by atoms with van der Waals surface area (Å²) in [6, 6.07) is 8.12. The molecule has 0 spiro atoms. The molecule has 2 rings (SSSR count). The fraction of sp³-hybridized carbons (Fsp3) is 0.538. The molecular formula is C13H16BF. The van der Waals surface area contributed by atoms with Crippen LogP contribution in [0.15, 0.2) is 24.3 Å². The molecule has 2 heteroatoms. The van der Waals surface area contributed by atoms with Gasteiger partial charge >= 0.3 is 0 Å². The monoisotopic (exact) mass is 202 g/mol. The largest absolute Gasteiger partial charge is 0.251 e. The van der Waals surface area contributed by atoms with Gasteiger partial charge in [0.25, 0.3) is 0 Å². The molecule has 0 aliphatic heterocycles. The minimum Gasteiger partial charge on any atom is -0.251 e. The Bertz CT molecular complexity index is 299. The number of hydrogen-bond donors (Lipinski definition) is 0. The van der Waals surface area contributed by atoms with Crippen LogP contribution in [0.3, 0.4) is 0 Å². The number of benzene rings is 1. The normalized spacial score (nSPS) is 26.5. The summed E-state index contributed by atoms with van der Waals surface area (Å²) >= 11 is 0. The maximum atomic E-state index is 12.4. The molecule has 1 fully saturated rings. The molecule has 15 heavy (non-hydrogen) atoms. The molecule has 0 heterocycles. The van der Waals surface area contributed by atoms with E-state index in [1.165, 1.54) is 5.56 Å². The van der Waals surface area contributed by atoms with Gasteiger partial charge in [0.05, 0.1) is 6.67 Å². The van der Waals surface area contributed by atoms with Crippen molar-refractivity contribution in [2.75, 3.05) is 6.67 Å². The Hall–Kier alpha value is -0.785. The molecule has 1 saturated carbocycles. The fourth-order valence-electron chi connectivity index (χ4n) is 2.42. The molecule has 1 aromatic carbocycles. The van der Waals surface area contributed by atoms with Gasteiger partial charge in [-0.2, -0.15) is 0 Å². The van der Waals surface area contributed by atoms with Crippen molar-refractivity contribution in [2.45, 2.75) is 31.6 Å². The van der Waals surface area contributed by atoms with E-state index in [1.807, 2.05) is 12.1 Å². The maximum Gasteiger partial charge on any atom is 0.113 e. The zero-order valence-electron chi connectivity index (χ0n) is 8.95. The second-order valence-corrected chi connectivity index (χ2v) is 4.54. The third-order valence-corrected chi connectivity index (χ3v) is 3.47. The number of hydrogen-bond acceptors (Lipinski definition) is 0. The Balaban J connectivity index is 1.98. The zero-order valence-corrected chi connectivity index (χ0v) is 8.95. The molecule has 0 aromatic heterocycles. The molecule has 0 bridgehead atoms. The van der Waals surface area contributed by atoms with Gasteiger partial charge in [0, 0.05) is 0 Å². The van der Waals surface area contributed by atoms with Gasteiger partial charge in [0.15, 0.2) is 0 Å². The Morgan fingerprint density at radius 1 is 1.07 bits per heavy atom. The SMILES string of the molecule is [B]c1ccc(C2CCC(CF)CC2)cc1. The lowest BCUT2D eigenvalue weighted by molar-refractivity contribution is 0.263. The van der Waals surface area contributed by atoms with Crippen molar-refractivity contribution in [1.82, 2.24) is 0 Å². The Kier molecular flexibility index (Phi) is 3.45. The molecule has 0 saturated heterocycles. The molecule has 1 aromatic rings. The number of halogens is 1. The minimum atomic E-state index is -0.144. The summed E-state index contributed by atoms with van der Waals surface area (Å²) in [4.78, 5) is 0. The van der Waals surface area contributed by atoms with E-state index >= 15 is 0 Å². The highest BCUT2D eigenvalue weighted by atomic mass is 19.1. The van der Waals surface area contributed by atoms with Crippen molar-refractivity contribution in [3.8, 4) is 0 Å². The van der Waals surface area contributed by atoms with E-state index in [2.05, 4.69) is 12.1 Å². The van der Waals surface area contributed by atoms with Crippen molar-refractivity contribution < 1.29 is 4.39 Å². The molecule has 1 aliphatic carbocycles. The summed E-state index contributed by atoms with van der Waals surface area (Å²) < 4.78 is 12.4. The van der Waals surface area contributed by atoms with Crippen LogP contribution in [-0.2, 0) is 0 Å². The van der Waals surface area contributed by atoms with E-state index in [-0.39, 0.29) is 6.67 Å². The van der Waals surface area contributed by atoms with Gasteiger partial charge in [0.1, 0.15) is 7.85 Å². The highest BCUT2D eigenvalue weighted by Crippen LogP contribution is 2.35. The lowest BCUT2D eigenvalue weighted by Gasteiger charge is -2.27. The topological polar surface area (TPSA) is 0 Å². The van der Waals surface area contributed by atoms with Gasteiger partial charge in [-0.05, 0) is 43.1 Å². The fourth-order valence-corrected chi connectivity index (χ4v) is 2.42. The van der Waals surface area contributed by atoms with E-state index in [4.69, 9.17) is 7.85 Å². The van der Waals surface area contributed by atoms with Crippen LogP contribution in [0.2, 0.25) is 0 Å². The molecule has 1 aliphatic rings. The van der Waals surface area contributed by atoms with E-state index in [0.717, 1.165) is 31.1 Å². The maximum absolute atomic E-state index is 12.4. The van der Waals surface area contributed by atoms with Crippen LogP contribution < -0.4 is 5.46 Å². The average molecular weight is 202 g/mol. The molecule has 78 valence electrons. The number of rotatable bonds is 2. The van der Waals surface area contributed by atoms with Crippen LogP contribution in [0.1, 0.15) is 37.2 Å². The molecule has 0 nitrogen and oxygen atoms in total. The first-order valence-electron chi connectivity index (χ1n) is 5.71. The third-order valence-electron chi connectivity index (χ3n) is 3.47. The summed E-state index contributed by atoms with van der Waals surface area (Å²) in [5.41, 5.74) is 2.18. The predicted molar refractivity (Wildman–Crippen MR) is 62.5 cm³/mol. The average Bonchev–Trinajstić information content (AvgIpc) is 2.30. The van der Waals surface area contributed by atoms with Gasteiger partial charge in [0.2, 0.25) is 0 Å². The van der Waals surface area contributed by atoms with Crippen molar-refractivity contribution in [1.29, 1.82) is 0 Å². The van der Waals surface area contributed by atoms with Crippen molar-refractivity contribution in [2.24, 2.45) is 5.92 Å². The van der Waals surface area contributed by atoms with E-state index in [9.17, 15) is 4.39 Å².